The third-order valence-electron chi connectivity index (χ3n) is 4.92. The molecule has 0 atom stereocenters. The number of carbonyl (C=O) groups is 2. The molecule has 0 saturated carbocycles. The van der Waals surface area contributed by atoms with E-state index in [0.717, 1.165) is 10.9 Å². The van der Waals surface area contributed by atoms with Gasteiger partial charge in [-0.2, -0.15) is 0 Å². The van der Waals surface area contributed by atoms with Gasteiger partial charge in [0.15, 0.2) is 0 Å². The fourth-order valence-electron chi connectivity index (χ4n) is 3.26. The molecule has 0 unspecified atom stereocenters. The number of hydrogen-bond acceptors (Lipinski definition) is 4. The van der Waals surface area contributed by atoms with E-state index >= 15 is 0 Å². The number of fused-ring (bicyclic) bond motifs is 1. The number of rotatable bonds is 6. The third kappa shape index (κ3) is 4.00. The van der Waals surface area contributed by atoms with E-state index in [2.05, 4.69) is 10.3 Å². The molecule has 1 heterocycles. The normalized spacial score (nSPS) is 10.8. The van der Waals surface area contributed by atoms with Crippen LogP contribution in [0.4, 0.5) is 0 Å². The molecule has 7 nitrogen and oxygen atoms in total. The van der Waals surface area contributed by atoms with Crippen LogP contribution in [0.3, 0.4) is 0 Å². The first-order valence-electron chi connectivity index (χ1n) is 9.32. The molecule has 1 aromatic heterocycles. The summed E-state index contributed by atoms with van der Waals surface area (Å²) in [6, 6.07) is 15.5. The van der Waals surface area contributed by atoms with E-state index in [9.17, 15) is 14.7 Å². The number of nitrogens with zero attached hydrogens (tertiary/aromatic N) is 2. The lowest BCUT2D eigenvalue weighted by Crippen LogP contribution is -2.25. The Bertz CT molecular complexity index is 1220. The van der Waals surface area contributed by atoms with Crippen molar-refractivity contribution in [2.75, 3.05) is 0 Å². The summed E-state index contributed by atoms with van der Waals surface area (Å²) < 4.78 is 1.74. The molecule has 0 fully saturated rings. The van der Waals surface area contributed by atoms with E-state index in [0.29, 0.717) is 29.6 Å². The van der Waals surface area contributed by atoms with Gasteiger partial charge in [0.2, 0.25) is 0 Å². The molecule has 3 aromatic carbocycles. The Morgan fingerprint density at radius 1 is 1.00 bits per heavy atom. The summed E-state index contributed by atoms with van der Waals surface area (Å²) in [6.07, 6.45) is 5.44. The number of carbonyl (C=O) groups excluding carboxylic acids is 1. The fraction of sp³-hybridized carbons (Fsp3) is 0.0870. The van der Waals surface area contributed by atoms with Gasteiger partial charge in [-0.25, -0.2) is 9.78 Å². The lowest BCUT2D eigenvalue weighted by molar-refractivity contribution is 0.0696. The summed E-state index contributed by atoms with van der Waals surface area (Å²) in [5.74, 6) is -1.12. The zero-order valence-corrected chi connectivity index (χ0v) is 15.9. The maximum atomic E-state index is 12.5. The van der Waals surface area contributed by atoms with Gasteiger partial charge in [-0.15, -0.1) is 0 Å². The van der Waals surface area contributed by atoms with Crippen molar-refractivity contribution in [3.63, 3.8) is 0 Å². The Balaban J connectivity index is 1.57. The van der Waals surface area contributed by atoms with Crippen LogP contribution < -0.4 is 5.32 Å². The molecule has 3 N–H and O–H groups in total. The molecule has 0 bridgehead atoms. The first kappa shape index (κ1) is 19.2. The summed E-state index contributed by atoms with van der Waals surface area (Å²) in [7, 11) is 0. The van der Waals surface area contributed by atoms with Gasteiger partial charge < -0.3 is 20.1 Å². The van der Waals surface area contributed by atoms with Gasteiger partial charge in [-0.3, -0.25) is 4.79 Å². The lowest BCUT2D eigenvalue weighted by atomic mass is 9.98. The maximum absolute atomic E-state index is 12.5. The second kappa shape index (κ2) is 8.08. The zero-order valence-electron chi connectivity index (χ0n) is 15.9. The molecular weight excluding hydrogens is 382 g/mol. The Labute approximate surface area is 172 Å². The summed E-state index contributed by atoms with van der Waals surface area (Å²) in [5.41, 5.74) is 2.24. The minimum atomic E-state index is -0.978. The number of amides is 1. The molecule has 150 valence electrons. The molecule has 30 heavy (non-hydrogen) atoms. The van der Waals surface area contributed by atoms with Crippen molar-refractivity contribution in [2.45, 2.75) is 13.1 Å². The van der Waals surface area contributed by atoms with Gasteiger partial charge in [-0.1, -0.05) is 30.3 Å². The number of hydrogen-bond donors (Lipinski definition) is 3. The van der Waals surface area contributed by atoms with Crippen molar-refractivity contribution >= 4 is 22.6 Å². The number of aromatic carboxylic acids is 1. The van der Waals surface area contributed by atoms with Crippen LogP contribution in [0.25, 0.3) is 10.8 Å². The third-order valence-corrected chi connectivity index (χ3v) is 4.92. The number of aromatic hydroxyl groups is 1. The summed E-state index contributed by atoms with van der Waals surface area (Å²) in [4.78, 5) is 27.4. The van der Waals surface area contributed by atoms with E-state index < -0.39 is 5.97 Å². The number of aromatic nitrogens is 2. The molecule has 0 spiro atoms. The maximum Gasteiger partial charge on any atom is 0.335 e. The van der Waals surface area contributed by atoms with Gasteiger partial charge >= 0.3 is 5.97 Å². The average molecular weight is 401 g/mol. The largest absolute Gasteiger partial charge is 0.507 e. The predicted molar refractivity (Wildman–Crippen MR) is 112 cm³/mol. The van der Waals surface area contributed by atoms with Crippen LogP contribution in [0.5, 0.6) is 5.75 Å². The van der Waals surface area contributed by atoms with Crippen molar-refractivity contribution in [1.29, 1.82) is 0 Å². The van der Waals surface area contributed by atoms with Crippen molar-refractivity contribution in [2.24, 2.45) is 0 Å². The first-order valence-corrected chi connectivity index (χ1v) is 9.32. The summed E-state index contributed by atoms with van der Waals surface area (Å²) in [6.45, 7) is 0.301. The monoisotopic (exact) mass is 401 g/mol. The highest BCUT2D eigenvalue weighted by molar-refractivity contribution is 6.00. The molecular formula is C23H19N3O4. The Morgan fingerprint density at radius 3 is 2.43 bits per heavy atom. The number of carboxylic acids is 1. The van der Waals surface area contributed by atoms with Crippen molar-refractivity contribution < 1.29 is 19.8 Å². The van der Waals surface area contributed by atoms with Gasteiger partial charge in [-0.05, 0) is 40.8 Å². The summed E-state index contributed by atoms with van der Waals surface area (Å²) >= 11 is 0. The molecule has 0 saturated heterocycles. The standard InChI is InChI=1S/C23H19N3O4/c27-21-18(11-15-1-3-17(4-2-15)23(29)30)7-5-16-6-8-19(12-20(16)21)22(28)25-14-26-10-9-24-13-26/h1-10,12-13,27H,11,14H2,(H,25,28)(H,29,30). The first-order chi connectivity index (χ1) is 14.5. The van der Waals surface area contributed by atoms with E-state index in [-0.39, 0.29) is 17.2 Å². The van der Waals surface area contributed by atoms with E-state index in [4.69, 9.17) is 5.11 Å². The Kier molecular flexibility index (Phi) is 5.17. The molecule has 0 aliphatic heterocycles. The number of phenols is 1. The number of carboxylic acid groups (broad SMARTS) is 1. The van der Waals surface area contributed by atoms with Crippen LogP contribution in [0.2, 0.25) is 0 Å². The van der Waals surface area contributed by atoms with E-state index in [1.54, 1.807) is 65.8 Å². The molecule has 0 radical (unpaired) electrons. The van der Waals surface area contributed by atoms with E-state index in [1.165, 1.54) is 0 Å². The van der Waals surface area contributed by atoms with Crippen LogP contribution in [0.1, 0.15) is 31.8 Å². The highest BCUT2D eigenvalue weighted by Gasteiger charge is 2.12. The Hall–Kier alpha value is -4.13. The number of benzene rings is 3. The minimum absolute atomic E-state index is 0.110. The molecule has 0 aliphatic rings. The number of imidazole rings is 1. The molecule has 4 rings (SSSR count). The quantitative estimate of drug-likeness (QED) is 0.459. The molecule has 0 aliphatic carbocycles. The van der Waals surface area contributed by atoms with Gasteiger partial charge in [0.05, 0.1) is 18.6 Å². The topological polar surface area (TPSA) is 104 Å². The molecule has 4 aromatic rings. The lowest BCUT2D eigenvalue weighted by Gasteiger charge is -2.11. The van der Waals surface area contributed by atoms with Crippen molar-refractivity contribution in [1.82, 2.24) is 14.9 Å². The molecule has 7 heteroatoms. The fourth-order valence-corrected chi connectivity index (χ4v) is 3.26. The zero-order chi connectivity index (χ0) is 21.1. The van der Waals surface area contributed by atoms with Crippen LogP contribution in [-0.4, -0.2) is 31.6 Å². The Morgan fingerprint density at radius 2 is 1.73 bits per heavy atom. The van der Waals surface area contributed by atoms with E-state index in [1.807, 2.05) is 12.1 Å². The SMILES string of the molecule is O=C(O)c1ccc(Cc2ccc3ccc(C(=O)NCn4ccnc4)cc3c2O)cc1. The second-order valence-corrected chi connectivity index (χ2v) is 6.93. The van der Waals surface area contributed by atoms with Crippen LogP contribution in [-0.2, 0) is 13.1 Å². The smallest absolute Gasteiger partial charge is 0.335 e. The highest BCUT2D eigenvalue weighted by atomic mass is 16.4. The second-order valence-electron chi connectivity index (χ2n) is 6.93. The average Bonchev–Trinajstić information content (AvgIpc) is 3.28. The highest BCUT2D eigenvalue weighted by Crippen LogP contribution is 2.31. The van der Waals surface area contributed by atoms with Gasteiger partial charge in [0.25, 0.3) is 5.91 Å². The number of phenolic OH excluding ortho intramolecular Hbond substituents is 1. The van der Waals surface area contributed by atoms with Crippen LogP contribution >= 0.6 is 0 Å². The van der Waals surface area contributed by atoms with Gasteiger partial charge in [0, 0.05) is 29.8 Å². The van der Waals surface area contributed by atoms with Crippen LogP contribution in [0, 0.1) is 0 Å². The summed E-state index contributed by atoms with van der Waals surface area (Å²) in [5, 5.41) is 24.0. The predicted octanol–water partition coefficient (Wildman–Crippen LogP) is 3.42. The van der Waals surface area contributed by atoms with Crippen molar-refractivity contribution in [3.8, 4) is 5.75 Å². The molecule has 1 amide bonds. The van der Waals surface area contributed by atoms with Gasteiger partial charge in [0.1, 0.15) is 5.75 Å². The number of nitrogens with one attached hydrogen (secondary N) is 1. The van der Waals surface area contributed by atoms with Crippen LogP contribution in [0.15, 0.2) is 73.3 Å². The minimum Gasteiger partial charge on any atom is -0.507 e. The van der Waals surface area contributed by atoms with Crippen molar-refractivity contribution in [3.05, 3.63) is 95.6 Å².